The van der Waals surface area contributed by atoms with Crippen LogP contribution in [0.4, 0.5) is 13.2 Å². The molecule has 0 atom stereocenters. The van der Waals surface area contributed by atoms with Crippen molar-refractivity contribution in [3.8, 4) is 17.2 Å². The third-order valence-corrected chi connectivity index (χ3v) is 4.40. The minimum Gasteiger partial charge on any atom is -0.493 e. The summed E-state index contributed by atoms with van der Waals surface area (Å²) < 4.78 is 52.4. The monoisotopic (exact) mass is 445 g/mol. The highest BCUT2D eigenvalue weighted by atomic mass is 35.5. The first-order chi connectivity index (χ1) is 14.2. The molecule has 2 rings (SSSR count). The number of rotatable bonds is 10. The fourth-order valence-corrected chi connectivity index (χ4v) is 2.75. The van der Waals surface area contributed by atoms with Crippen molar-refractivity contribution in [3.63, 3.8) is 0 Å². The van der Waals surface area contributed by atoms with E-state index in [-0.39, 0.29) is 23.8 Å². The highest BCUT2D eigenvalue weighted by Crippen LogP contribution is 2.30. The van der Waals surface area contributed by atoms with Crippen LogP contribution in [0, 0.1) is 0 Å². The minimum atomic E-state index is -4.43. The van der Waals surface area contributed by atoms with Gasteiger partial charge < -0.3 is 19.1 Å². The van der Waals surface area contributed by atoms with Gasteiger partial charge in [-0.2, -0.15) is 13.2 Å². The Balaban J connectivity index is 1.81. The molecule has 9 heteroatoms. The average molecular weight is 446 g/mol. The lowest BCUT2D eigenvalue weighted by atomic mass is 10.1. The van der Waals surface area contributed by atoms with E-state index in [4.69, 9.17) is 25.8 Å². The summed E-state index contributed by atoms with van der Waals surface area (Å²) in [5, 5.41) is 0.571. The molecule has 0 N–H and O–H groups in total. The molecule has 0 aliphatic rings. The number of benzene rings is 2. The van der Waals surface area contributed by atoms with Crippen LogP contribution >= 0.6 is 11.6 Å². The number of nitrogens with zero attached hydrogens (tertiary/aromatic N) is 1. The van der Waals surface area contributed by atoms with E-state index in [0.29, 0.717) is 30.3 Å². The highest BCUT2D eigenvalue weighted by Gasteiger charge is 2.29. The molecule has 0 saturated heterocycles. The van der Waals surface area contributed by atoms with Crippen molar-refractivity contribution in [2.45, 2.75) is 19.0 Å². The Kier molecular flexibility index (Phi) is 8.65. The summed E-state index contributed by atoms with van der Waals surface area (Å²) in [4.78, 5) is 13.9. The normalized spacial score (nSPS) is 11.1. The Bertz CT molecular complexity index is 845. The highest BCUT2D eigenvalue weighted by molar-refractivity contribution is 6.30. The van der Waals surface area contributed by atoms with Gasteiger partial charge in [-0.3, -0.25) is 4.79 Å². The molecular formula is C21H23ClF3NO4. The van der Waals surface area contributed by atoms with Crippen molar-refractivity contribution in [1.29, 1.82) is 0 Å². The number of alkyl halides is 3. The van der Waals surface area contributed by atoms with Crippen LogP contribution < -0.4 is 14.2 Å². The number of halogens is 4. The van der Waals surface area contributed by atoms with Gasteiger partial charge in [0.15, 0.2) is 18.1 Å². The number of hydrogen-bond acceptors (Lipinski definition) is 4. The van der Waals surface area contributed by atoms with Crippen molar-refractivity contribution >= 4 is 17.5 Å². The van der Waals surface area contributed by atoms with Gasteiger partial charge in [0, 0.05) is 18.5 Å². The van der Waals surface area contributed by atoms with Crippen LogP contribution in [0.15, 0.2) is 42.5 Å². The molecule has 0 aliphatic carbocycles. The van der Waals surface area contributed by atoms with E-state index in [1.807, 2.05) is 0 Å². The molecule has 0 bridgehead atoms. The average Bonchev–Trinajstić information content (AvgIpc) is 2.70. The summed E-state index contributed by atoms with van der Waals surface area (Å²) in [6.45, 7) is -0.677. The zero-order chi connectivity index (χ0) is 22.1. The molecule has 0 fully saturated rings. The molecule has 0 unspecified atom stereocenters. The number of ether oxygens (including phenoxy) is 3. The second kappa shape index (κ2) is 11.0. The lowest BCUT2D eigenvalue weighted by molar-refractivity contribution is -0.153. The first-order valence-electron chi connectivity index (χ1n) is 9.17. The topological polar surface area (TPSA) is 48.0 Å². The number of carbonyl (C=O) groups is 1. The van der Waals surface area contributed by atoms with E-state index in [1.165, 1.54) is 13.2 Å². The number of carbonyl (C=O) groups excluding carboxylic acids is 1. The summed E-state index contributed by atoms with van der Waals surface area (Å²) in [5.74, 6) is 0.733. The molecule has 164 valence electrons. The summed E-state index contributed by atoms with van der Waals surface area (Å²) in [6, 6.07) is 11.6. The van der Waals surface area contributed by atoms with Crippen molar-refractivity contribution in [3.05, 3.63) is 53.1 Å². The molecular weight excluding hydrogens is 423 g/mol. The van der Waals surface area contributed by atoms with E-state index >= 15 is 0 Å². The molecule has 0 aliphatic heterocycles. The van der Waals surface area contributed by atoms with Gasteiger partial charge in [-0.05, 0) is 42.3 Å². The molecule has 0 radical (unpaired) electrons. The zero-order valence-electron chi connectivity index (χ0n) is 16.7. The predicted octanol–water partition coefficient (Wildman–Crippen LogP) is 4.76. The fraction of sp³-hybridized carbons (Fsp3) is 0.381. The third kappa shape index (κ3) is 8.02. The first kappa shape index (κ1) is 23.7. The van der Waals surface area contributed by atoms with Crippen LogP contribution in [0.25, 0.3) is 0 Å². The molecule has 2 aromatic carbocycles. The summed E-state index contributed by atoms with van der Waals surface area (Å²) in [5.41, 5.74) is 0.753. The standard InChI is InChI=1S/C21H23ClF3NO4/c1-26(10-11-29-17-5-3-4-16(22)13-17)20(27)9-7-15-6-8-18(19(12-15)28-2)30-14-21(23,24)25/h3-6,8,12-13H,7,9-11,14H2,1-2H3. The number of methoxy groups -OCH3 is 1. The van der Waals surface area contributed by atoms with Gasteiger partial charge in [-0.1, -0.05) is 23.7 Å². The Morgan fingerprint density at radius 2 is 1.87 bits per heavy atom. The smallest absolute Gasteiger partial charge is 0.422 e. The van der Waals surface area contributed by atoms with Gasteiger partial charge in [-0.15, -0.1) is 0 Å². The van der Waals surface area contributed by atoms with Gasteiger partial charge in [0.05, 0.1) is 13.7 Å². The van der Waals surface area contributed by atoms with E-state index < -0.39 is 12.8 Å². The van der Waals surface area contributed by atoms with Crippen LogP contribution in [0.5, 0.6) is 17.2 Å². The lowest BCUT2D eigenvalue weighted by Gasteiger charge is -2.18. The molecule has 0 aromatic heterocycles. The van der Waals surface area contributed by atoms with Crippen LogP contribution in [0.1, 0.15) is 12.0 Å². The summed E-state index contributed by atoms with van der Waals surface area (Å²) in [7, 11) is 3.02. The molecule has 0 saturated carbocycles. The summed E-state index contributed by atoms with van der Waals surface area (Å²) >= 11 is 5.89. The maximum atomic E-state index is 12.3. The Morgan fingerprint density at radius 3 is 2.53 bits per heavy atom. The van der Waals surface area contributed by atoms with Crippen molar-refractivity contribution in [1.82, 2.24) is 4.90 Å². The molecule has 5 nitrogen and oxygen atoms in total. The number of aryl methyl sites for hydroxylation is 1. The van der Waals surface area contributed by atoms with Crippen LogP contribution in [-0.2, 0) is 11.2 Å². The van der Waals surface area contributed by atoms with Crippen LogP contribution in [-0.4, -0.2) is 50.9 Å². The molecule has 0 heterocycles. The van der Waals surface area contributed by atoms with Crippen LogP contribution in [0.2, 0.25) is 5.02 Å². The van der Waals surface area contributed by atoms with E-state index in [0.717, 1.165) is 5.56 Å². The molecule has 2 aromatic rings. The Hall–Kier alpha value is -2.61. The molecule has 1 amide bonds. The van der Waals surface area contributed by atoms with E-state index in [1.54, 1.807) is 48.3 Å². The second-order valence-corrected chi connectivity index (χ2v) is 6.95. The van der Waals surface area contributed by atoms with Gasteiger partial charge in [0.2, 0.25) is 5.91 Å². The molecule has 30 heavy (non-hydrogen) atoms. The predicted molar refractivity (Wildman–Crippen MR) is 107 cm³/mol. The van der Waals surface area contributed by atoms with Gasteiger partial charge in [-0.25, -0.2) is 0 Å². The van der Waals surface area contributed by atoms with Gasteiger partial charge in [0.1, 0.15) is 12.4 Å². The van der Waals surface area contributed by atoms with Crippen molar-refractivity contribution in [2.75, 3.05) is 33.9 Å². The van der Waals surface area contributed by atoms with E-state index in [9.17, 15) is 18.0 Å². The number of hydrogen-bond donors (Lipinski definition) is 0. The minimum absolute atomic E-state index is 0.000170. The van der Waals surface area contributed by atoms with Crippen molar-refractivity contribution in [2.24, 2.45) is 0 Å². The number of likely N-dealkylation sites (N-methyl/N-ethyl adjacent to an activating group) is 1. The second-order valence-electron chi connectivity index (χ2n) is 6.51. The fourth-order valence-electron chi connectivity index (χ4n) is 2.57. The molecule has 0 spiro atoms. The quantitative estimate of drug-likeness (QED) is 0.529. The Morgan fingerprint density at radius 1 is 1.10 bits per heavy atom. The zero-order valence-corrected chi connectivity index (χ0v) is 17.4. The summed E-state index contributed by atoms with van der Waals surface area (Å²) in [6.07, 6.45) is -3.79. The Labute approximate surface area is 178 Å². The third-order valence-electron chi connectivity index (χ3n) is 4.16. The van der Waals surface area contributed by atoms with Gasteiger partial charge in [0.25, 0.3) is 0 Å². The maximum absolute atomic E-state index is 12.3. The lowest BCUT2D eigenvalue weighted by Crippen LogP contribution is -2.31. The van der Waals surface area contributed by atoms with Gasteiger partial charge >= 0.3 is 6.18 Å². The maximum Gasteiger partial charge on any atom is 0.422 e. The SMILES string of the molecule is COc1cc(CCC(=O)N(C)CCOc2cccc(Cl)c2)ccc1OCC(F)(F)F. The van der Waals surface area contributed by atoms with Crippen molar-refractivity contribution < 1.29 is 32.2 Å². The van der Waals surface area contributed by atoms with E-state index in [2.05, 4.69) is 0 Å². The number of amides is 1. The van der Waals surface area contributed by atoms with Crippen LogP contribution in [0.3, 0.4) is 0 Å². The first-order valence-corrected chi connectivity index (χ1v) is 9.54. The largest absolute Gasteiger partial charge is 0.493 e.